The molecule has 3 nitrogen and oxygen atoms in total. The molecule has 3 fully saturated rings. The summed E-state index contributed by atoms with van der Waals surface area (Å²) in [6.45, 7) is 2.17. The Morgan fingerprint density at radius 3 is 2.06 bits per heavy atom. The molecule has 2 saturated carbocycles. The van der Waals surface area contributed by atoms with E-state index in [1.54, 1.807) is 0 Å². The van der Waals surface area contributed by atoms with Crippen molar-refractivity contribution in [2.24, 2.45) is 11.8 Å². The molecule has 0 aromatic carbocycles. The van der Waals surface area contributed by atoms with Crippen molar-refractivity contribution in [2.45, 2.75) is 63.0 Å². The highest BCUT2D eigenvalue weighted by Gasteiger charge is 2.48. The summed E-state index contributed by atoms with van der Waals surface area (Å²) in [4.78, 5) is 0. The van der Waals surface area contributed by atoms with Crippen LogP contribution in [0, 0.1) is 11.8 Å². The molecule has 0 spiro atoms. The van der Waals surface area contributed by atoms with Crippen LogP contribution in [0.15, 0.2) is 0 Å². The third-order valence-electron chi connectivity index (χ3n) is 5.61. The van der Waals surface area contributed by atoms with E-state index >= 15 is 0 Å². The molecule has 2 N–H and O–H groups in total. The average molecular weight is 253 g/mol. The molecule has 3 aliphatic rings. The summed E-state index contributed by atoms with van der Waals surface area (Å²) in [6, 6.07) is 0. The van der Waals surface area contributed by atoms with E-state index in [1.165, 1.54) is 51.4 Å². The number of aliphatic hydroxyl groups excluding tert-OH is 1. The molecule has 1 unspecified atom stereocenters. The Balaban J connectivity index is 1.63. The molecule has 0 bridgehead atoms. The fourth-order valence-electron chi connectivity index (χ4n) is 3.89. The minimum absolute atomic E-state index is 0.0163. The van der Waals surface area contributed by atoms with Gasteiger partial charge in [-0.15, -0.1) is 0 Å². The summed E-state index contributed by atoms with van der Waals surface area (Å²) in [5, 5.41) is 13.8. The van der Waals surface area contributed by atoms with Crippen LogP contribution in [0.25, 0.3) is 0 Å². The van der Waals surface area contributed by atoms with Crippen molar-refractivity contribution in [3.63, 3.8) is 0 Å². The fourth-order valence-corrected chi connectivity index (χ4v) is 3.89. The lowest BCUT2D eigenvalue weighted by molar-refractivity contribution is -0.0254. The topological polar surface area (TPSA) is 41.5 Å². The van der Waals surface area contributed by atoms with Crippen molar-refractivity contribution < 1.29 is 9.84 Å². The van der Waals surface area contributed by atoms with Crippen molar-refractivity contribution in [1.82, 2.24) is 5.32 Å². The van der Waals surface area contributed by atoms with Gasteiger partial charge in [0.25, 0.3) is 0 Å². The molecule has 2 aliphatic carbocycles. The van der Waals surface area contributed by atoms with Crippen LogP contribution in [0.5, 0.6) is 0 Å². The third kappa shape index (κ3) is 2.21. The smallest absolute Gasteiger partial charge is 0.0700 e. The standard InChI is InChI=1S/C15H27NO2/c17-11-15(12-4-1-5-12,13-6-2-7-13)16-10-14-8-3-9-18-14/h12-14,16-17H,1-11H2. The molecule has 0 aromatic rings. The van der Waals surface area contributed by atoms with Crippen LogP contribution in [-0.4, -0.2) is 36.5 Å². The predicted molar refractivity (Wildman–Crippen MR) is 71.5 cm³/mol. The van der Waals surface area contributed by atoms with Crippen LogP contribution in [0.1, 0.15) is 51.4 Å². The van der Waals surface area contributed by atoms with E-state index < -0.39 is 0 Å². The van der Waals surface area contributed by atoms with Gasteiger partial charge in [-0.25, -0.2) is 0 Å². The van der Waals surface area contributed by atoms with E-state index in [4.69, 9.17) is 4.74 Å². The maximum absolute atomic E-state index is 10.0. The van der Waals surface area contributed by atoms with Gasteiger partial charge in [0.1, 0.15) is 0 Å². The highest BCUT2D eigenvalue weighted by atomic mass is 16.5. The summed E-state index contributed by atoms with van der Waals surface area (Å²) in [6.07, 6.45) is 10.7. The van der Waals surface area contributed by atoms with Crippen molar-refractivity contribution in [3.8, 4) is 0 Å². The lowest BCUT2D eigenvalue weighted by atomic mass is 9.59. The number of hydrogen-bond acceptors (Lipinski definition) is 3. The Morgan fingerprint density at radius 1 is 1.00 bits per heavy atom. The van der Waals surface area contributed by atoms with Crippen LogP contribution in [-0.2, 0) is 4.74 Å². The molecule has 1 atom stereocenters. The molecule has 0 aromatic heterocycles. The number of hydrogen-bond donors (Lipinski definition) is 2. The molecule has 18 heavy (non-hydrogen) atoms. The van der Waals surface area contributed by atoms with E-state index in [0.717, 1.165) is 13.2 Å². The van der Waals surface area contributed by atoms with Crippen molar-refractivity contribution in [2.75, 3.05) is 19.8 Å². The summed E-state index contributed by atoms with van der Waals surface area (Å²) in [5.41, 5.74) is 0.0163. The number of rotatable bonds is 6. The summed E-state index contributed by atoms with van der Waals surface area (Å²) >= 11 is 0. The van der Waals surface area contributed by atoms with Crippen LogP contribution in [0.3, 0.4) is 0 Å². The predicted octanol–water partition coefficient (Wildman–Crippen LogP) is 2.09. The highest BCUT2D eigenvalue weighted by Crippen LogP contribution is 2.47. The van der Waals surface area contributed by atoms with Crippen LogP contribution >= 0.6 is 0 Å². The first-order valence-electron chi connectivity index (χ1n) is 7.82. The molecule has 0 amide bonds. The first-order chi connectivity index (χ1) is 8.85. The van der Waals surface area contributed by atoms with Gasteiger partial charge >= 0.3 is 0 Å². The molecule has 1 aliphatic heterocycles. The van der Waals surface area contributed by atoms with Gasteiger partial charge in [-0.1, -0.05) is 12.8 Å². The van der Waals surface area contributed by atoms with E-state index in [1.807, 2.05) is 0 Å². The Bertz CT molecular complexity index is 254. The van der Waals surface area contributed by atoms with Gasteiger partial charge in [0.2, 0.25) is 0 Å². The first kappa shape index (κ1) is 12.9. The molecule has 3 rings (SSSR count). The Kier molecular flexibility index (Phi) is 3.92. The van der Waals surface area contributed by atoms with E-state index in [2.05, 4.69) is 5.32 Å². The normalized spacial score (nSPS) is 30.2. The Labute approximate surface area is 110 Å². The summed E-state index contributed by atoms with van der Waals surface area (Å²) in [5.74, 6) is 1.41. The molecule has 1 saturated heterocycles. The minimum Gasteiger partial charge on any atom is -0.394 e. The zero-order valence-electron chi connectivity index (χ0n) is 11.4. The molecular weight excluding hydrogens is 226 g/mol. The Morgan fingerprint density at radius 2 is 1.67 bits per heavy atom. The number of ether oxygens (including phenoxy) is 1. The fraction of sp³-hybridized carbons (Fsp3) is 1.00. The van der Waals surface area contributed by atoms with Crippen molar-refractivity contribution in [1.29, 1.82) is 0 Å². The van der Waals surface area contributed by atoms with E-state index in [0.29, 0.717) is 24.5 Å². The second-order valence-corrected chi connectivity index (χ2v) is 6.47. The summed E-state index contributed by atoms with van der Waals surface area (Å²) in [7, 11) is 0. The summed E-state index contributed by atoms with van der Waals surface area (Å²) < 4.78 is 5.71. The Hall–Kier alpha value is -0.120. The second kappa shape index (κ2) is 5.48. The zero-order valence-corrected chi connectivity index (χ0v) is 11.4. The van der Waals surface area contributed by atoms with Gasteiger partial charge in [0.05, 0.1) is 12.7 Å². The van der Waals surface area contributed by atoms with Crippen molar-refractivity contribution >= 4 is 0 Å². The largest absolute Gasteiger partial charge is 0.394 e. The lowest BCUT2D eigenvalue weighted by Crippen LogP contribution is -2.63. The molecular formula is C15H27NO2. The van der Waals surface area contributed by atoms with Crippen LogP contribution in [0.4, 0.5) is 0 Å². The van der Waals surface area contributed by atoms with Gasteiger partial charge in [-0.2, -0.15) is 0 Å². The van der Waals surface area contributed by atoms with Crippen molar-refractivity contribution in [3.05, 3.63) is 0 Å². The second-order valence-electron chi connectivity index (χ2n) is 6.47. The van der Waals surface area contributed by atoms with Crippen LogP contribution in [0.2, 0.25) is 0 Å². The monoisotopic (exact) mass is 253 g/mol. The van der Waals surface area contributed by atoms with Gasteiger partial charge < -0.3 is 15.2 Å². The lowest BCUT2D eigenvalue weighted by Gasteiger charge is -2.53. The number of aliphatic hydroxyl groups is 1. The van der Waals surface area contributed by atoms with Gasteiger partial charge in [0, 0.05) is 18.7 Å². The molecule has 0 radical (unpaired) electrons. The quantitative estimate of drug-likeness (QED) is 0.761. The minimum atomic E-state index is 0.0163. The first-order valence-corrected chi connectivity index (χ1v) is 7.82. The van der Waals surface area contributed by atoms with Gasteiger partial charge in [0.15, 0.2) is 0 Å². The van der Waals surface area contributed by atoms with E-state index in [9.17, 15) is 5.11 Å². The highest BCUT2D eigenvalue weighted by molar-refractivity contribution is 5.05. The maximum Gasteiger partial charge on any atom is 0.0700 e. The van der Waals surface area contributed by atoms with Crippen LogP contribution < -0.4 is 5.32 Å². The molecule has 3 heteroatoms. The third-order valence-corrected chi connectivity index (χ3v) is 5.61. The average Bonchev–Trinajstić information content (AvgIpc) is 2.73. The van der Waals surface area contributed by atoms with Gasteiger partial charge in [-0.05, 0) is 50.4 Å². The molecule has 1 heterocycles. The van der Waals surface area contributed by atoms with Gasteiger partial charge in [-0.3, -0.25) is 0 Å². The number of nitrogens with one attached hydrogen (secondary N) is 1. The molecule has 104 valence electrons. The SMILES string of the molecule is OCC(NCC1CCCO1)(C1CCC1)C1CCC1. The van der Waals surface area contributed by atoms with E-state index in [-0.39, 0.29) is 5.54 Å². The zero-order chi connectivity index (χ0) is 12.4. The maximum atomic E-state index is 10.0.